The number of ether oxygens (including phenoxy) is 1. The lowest BCUT2D eigenvalue weighted by Gasteiger charge is -2.32. The van der Waals surface area contributed by atoms with Crippen LogP contribution >= 0.6 is 0 Å². The predicted octanol–water partition coefficient (Wildman–Crippen LogP) is 2.44. The van der Waals surface area contributed by atoms with E-state index >= 15 is 0 Å². The van der Waals surface area contributed by atoms with Crippen LogP contribution in [0, 0.1) is 0 Å². The molecular formula is C17H25BO4. The summed E-state index contributed by atoms with van der Waals surface area (Å²) >= 11 is 0. The van der Waals surface area contributed by atoms with E-state index in [2.05, 4.69) is 0 Å². The molecule has 22 heavy (non-hydrogen) atoms. The van der Waals surface area contributed by atoms with E-state index < -0.39 is 5.41 Å². The van der Waals surface area contributed by atoms with Crippen LogP contribution in [-0.2, 0) is 24.3 Å². The van der Waals surface area contributed by atoms with Gasteiger partial charge in [0, 0.05) is 0 Å². The molecule has 1 aliphatic rings. The number of carbonyl (C=O) groups excluding carboxylic acids is 1. The summed E-state index contributed by atoms with van der Waals surface area (Å²) in [6.07, 6.45) is 0. The molecule has 120 valence electrons. The summed E-state index contributed by atoms with van der Waals surface area (Å²) in [7, 11) is 1.02. The zero-order valence-corrected chi connectivity index (χ0v) is 14.5. The molecule has 1 saturated heterocycles. The third-order valence-electron chi connectivity index (χ3n) is 4.85. The van der Waals surface area contributed by atoms with Crippen molar-refractivity contribution in [1.29, 1.82) is 0 Å². The standard InChI is InChI=1S/C17H25BO4/c1-15(2,14(19)20-7)12-8-10-13(11-9-12)18-21-16(3,4)17(5,6)22-18/h8-11H,1-7H3. The summed E-state index contributed by atoms with van der Waals surface area (Å²) in [6, 6.07) is 7.75. The molecule has 1 aromatic carbocycles. The number of rotatable bonds is 3. The van der Waals surface area contributed by atoms with Gasteiger partial charge in [-0.2, -0.15) is 0 Å². The molecular weight excluding hydrogens is 279 g/mol. The van der Waals surface area contributed by atoms with Crippen LogP contribution in [-0.4, -0.2) is 31.4 Å². The van der Waals surface area contributed by atoms with Crippen LogP contribution < -0.4 is 5.46 Å². The van der Waals surface area contributed by atoms with E-state index in [0.717, 1.165) is 11.0 Å². The molecule has 0 bridgehead atoms. The van der Waals surface area contributed by atoms with Crippen molar-refractivity contribution >= 4 is 18.6 Å². The van der Waals surface area contributed by atoms with Gasteiger partial charge in [-0.1, -0.05) is 24.3 Å². The second-order valence-corrected chi connectivity index (χ2v) is 7.33. The van der Waals surface area contributed by atoms with Gasteiger partial charge < -0.3 is 14.0 Å². The van der Waals surface area contributed by atoms with Crippen LogP contribution in [0.5, 0.6) is 0 Å². The minimum absolute atomic E-state index is 0.254. The first-order valence-corrected chi connectivity index (χ1v) is 7.56. The molecule has 0 saturated carbocycles. The maximum Gasteiger partial charge on any atom is 0.494 e. The van der Waals surface area contributed by atoms with Gasteiger partial charge in [-0.15, -0.1) is 0 Å². The Morgan fingerprint density at radius 1 is 1.05 bits per heavy atom. The molecule has 0 atom stereocenters. The highest BCUT2D eigenvalue weighted by Gasteiger charge is 2.51. The zero-order valence-electron chi connectivity index (χ0n) is 14.5. The summed E-state index contributed by atoms with van der Waals surface area (Å²) in [5, 5.41) is 0. The van der Waals surface area contributed by atoms with Gasteiger partial charge in [-0.25, -0.2) is 0 Å². The first kappa shape index (κ1) is 17.0. The Hall–Kier alpha value is -1.33. The lowest BCUT2D eigenvalue weighted by Crippen LogP contribution is -2.41. The molecule has 5 heteroatoms. The minimum atomic E-state index is -0.677. The molecule has 1 aliphatic heterocycles. The lowest BCUT2D eigenvalue weighted by atomic mass is 9.76. The first-order valence-electron chi connectivity index (χ1n) is 7.56. The second-order valence-electron chi connectivity index (χ2n) is 7.33. The highest BCUT2D eigenvalue weighted by atomic mass is 16.7. The first-order chi connectivity index (χ1) is 10.0. The van der Waals surface area contributed by atoms with Crippen LogP contribution in [0.1, 0.15) is 47.1 Å². The normalized spacial score (nSPS) is 20.0. The molecule has 0 amide bonds. The van der Waals surface area contributed by atoms with Gasteiger partial charge in [0.1, 0.15) is 0 Å². The molecule has 1 aromatic rings. The van der Waals surface area contributed by atoms with Crippen molar-refractivity contribution in [3.8, 4) is 0 Å². The average Bonchev–Trinajstić information content (AvgIpc) is 2.66. The van der Waals surface area contributed by atoms with Gasteiger partial charge in [-0.3, -0.25) is 4.79 Å². The number of esters is 1. The zero-order chi connectivity index (χ0) is 16.8. The summed E-state index contributed by atoms with van der Waals surface area (Å²) < 4.78 is 16.9. The quantitative estimate of drug-likeness (QED) is 0.635. The van der Waals surface area contributed by atoms with Crippen molar-refractivity contribution in [3.05, 3.63) is 29.8 Å². The van der Waals surface area contributed by atoms with E-state index in [1.165, 1.54) is 7.11 Å². The van der Waals surface area contributed by atoms with E-state index in [1.54, 1.807) is 0 Å². The monoisotopic (exact) mass is 304 g/mol. The fraction of sp³-hybridized carbons (Fsp3) is 0.588. The minimum Gasteiger partial charge on any atom is -0.468 e. The molecule has 0 aliphatic carbocycles. The van der Waals surface area contributed by atoms with Crippen LogP contribution in [0.3, 0.4) is 0 Å². The van der Waals surface area contributed by atoms with Gasteiger partial charge in [0.2, 0.25) is 0 Å². The number of methoxy groups -OCH3 is 1. The maximum absolute atomic E-state index is 11.9. The summed E-state index contributed by atoms with van der Waals surface area (Å²) in [5.74, 6) is -0.254. The maximum atomic E-state index is 11.9. The van der Waals surface area contributed by atoms with Gasteiger partial charge in [0.15, 0.2) is 0 Å². The summed E-state index contributed by atoms with van der Waals surface area (Å²) in [4.78, 5) is 11.9. The Balaban J connectivity index is 2.23. The third-order valence-corrected chi connectivity index (χ3v) is 4.85. The van der Waals surface area contributed by atoms with Crippen molar-refractivity contribution < 1.29 is 18.8 Å². The van der Waals surface area contributed by atoms with E-state index in [9.17, 15) is 4.79 Å². The van der Waals surface area contributed by atoms with Crippen molar-refractivity contribution in [2.45, 2.75) is 58.2 Å². The van der Waals surface area contributed by atoms with E-state index in [1.807, 2.05) is 65.8 Å². The van der Waals surface area contributed by atoms with Crippen molar-refractivity contribution in [1.82, 2.24) is 0 Å². The van der Waals surface area contributed by atoms with Crippen molar-refractivity contribution in [2.75, 3.05) is 7.11 Å². The molecule has 0 unspecified atom stereocenters. The Morgan fingerprint density at radius 3 is 1.91 bits per heavy atom. The van der Waals surface area contributed by atoms with Crippen LogP contribution in [0.15, 0.2) is 24.3 Å². The number of hydrogen-bond acceptors (Lipinski definition) is 4. The van der Waals surface area contributed by atoms with Crippen LogP contribution in [0.25, 0.3) is 0 Å². The highest BCUT2D eigenvalue weighted by molar-refractivity contribution is 6.62. The van der Waals surface area contributed by atoms with Gasteiger partial charge in [0.05, 0.1) is 23.7 Å². The van der Waals surface area contributed by atoms with Gasteiger partial charge >= 0.3 is 13.1 Å². The molecule has 1 heterocycles. The summed E-state index contributed by atoms with van der Waals surface area (Å²) in [6.45, 7) is 11.8. The number of hydrogen-bond donors (Lipinski definition) is 0. The molecule has 2 rings (SSSR count). The fourth-order valence-corrected chi connectivity index (χ4v) is 2.41. The fourth-order valence-electron chi connectivity index (χ4n) is 2.41. The molecule has 0 spiro atoms. The second kappa shape index (κ2) is 5.39. The molecule has 4 nitrogen and oxygen atoms in total. The highest BCUT2D eigenvalue weighted by Crippen LogP contribution is 2.36. The Morgan fingerprint density at radius 2 is 1.50 bits per heavy atom. The van der Waals surface area contributed by atoms with Crippen molar-refractivity contribution in [2.24, 2.45) is 0 Å². The van der Waals surface area contributed by atoms with E-state index in [4.69, 9.17) is 14.0 Å². The number of benzene rings is 1. The van der Waals surface area contributed by atoms with E-state index in [-0.39, 0.29) is 24.3 Å². The Bertz CT molecular complexity index is 545. The van der Waals surface area contributed by atoms with Gasteiger partial charge in [-0.05, 0) is 52.6 Å². The average molecular weight is 304 g/mol. The smallest absolute Gasteiger partial charge is 0.468 e. The topological polar surface area (TPSA) is 44.8 Å². The van der Waals surface area contributed by atoms with Crippen LogP contribution in [0.2, 0.25) is 0 Å². The SMILES string of the molecule is COC(=O)C(C)(C)c1ccc(B2OC(C)(C)C(C)(C)O2)cc1. The van der Waals surface area contributed by atoms with E-state index in [0.29, 0.717) is 0 Å². The van der Waals surface area contributed by atoms with Gasteiger partial charge in [0.25, 0.3) is 0 Å². The Labute approximate surface area is 133 Å². The molecule has 0 N–H and O–H groups in total. The Kier molecular flexibility index (Phi) is 4.17. The summed E-state index contributed by atoms with van der Waals surface area (Å²) in [5.41, 5.74) is 0.453. The third kappa shape index (κ3) is 2.80. The lowest BCUT2D eigenvalue weighted by molar-refractivity contribution is -0.146. The predicted molar refractivity (Wildman–Crippen MR) is 87.2 cm³/mol. The largest absolute Gasteiger partial charge is 0.494 e. The molecule has 0 aromatic heterocycles. The molecule has 1 fully saturated rings. The van der Waals surface area contributed by atoms with Crippen LogP contribution in [0.4, 0.5) is 0 Å². The van der Waals surface area contributed by atoms with Crippen molar-refractivity contribution in [3.63, 3.8) is 0 Å². The number of carbonyl (C=O) groups is 1. The molecule has 0 radical (unpaired) electrons.